The molecular formula is C45H97O23P7S7. The van der Waals surface area contributed by atoms with Crippen LogP contribution in [0.4, 0.5) is 0 Å². The summed E-state index contributed by atoms with van der Waals surface area (Å²) in [5.41, 5.74) is 0. The summed E-state index contributed by atoms with van der Waals surface area (Å²) < 4.78 is 181. The molecule has 6 atom stereocenters. The van der Waals surface area contributed by atoms with Crippen molar-refractivity contribution < 1.29 is 105 Å². The van der Waals surface area contributed by atoms with Gasteiger partial charge in [0.15, 0.2) is 0 Å². The summed E-state index contributed by atoms with van der Waals surface area (Å²) in [6, 6.07) is 0. The van der Waals surface area contributed by atoms with Crippen LogP contribution in [-0.2, 0) is 100 Å². The Balaban J connectivity index is 6.91. The molecular weight excluding hydrogens is 1350 g/mol. The molecule has 1 N–H and O–H groups in total. The number of hydrogen-bond acceptors (Lipinski definition) is 29. The molecule has 82 heavy (non-hydrogen) atoms. The molecule has 37 heteroatoms. The smallest absolute Gasteiger partial charge is 0.389 e. The molecule has 0 rings (SSSR count). The summed E-state index contributed by atoms with van der Waals surface area (Å²) in [5.74, 6) is -1.81. The SMILES string of the molecule is CC(C)OP(=O)(OC(C)C)SCC(C)OP(=O)(OC(C)CSP(=O)(OC(C)C)OC(C)C)SCC(C)OP(=O)(OC(C)CSP(=O)(OC(C)CSP(=O)(OC(C)C)OC(C)C)OC(C)CSP(=O)(OC(C)C)OC(C)C)SCCC(=O)O. The van der Waals surface area contributed by atoms with Crippen molar-refractivity contribution in [2.45, 2.75) is 244 Å². The topological polar surface area (TPSA) is 286 Å². The van der Waals surface area contributed by atoms with Crippen LogP contribution in [0.2, 0.25) is 0 Å². The number of rotatable bonds is 50. The number of carboxylic acids is 1. The van der Waals surface area contributed by atoms with Crippen LogP contribution in [0.15, 0.2) is 0 Å². The van der Waals surface area contributed by atoms with Gasteiger partial charge in [-0.15, -0.1) is 0 Å². The number of aliphatic carboxylic acids is 1. The third-order valence-corrected chi connectivity index (χ3v) is 36.9. The van der Waals surface area contributed by atoms with Crippen LogP contribution in [0.3, 0.4) is 0 Å². The van der Waals surface area contributed by atoms with Crippen molar-refractivity contribution in [3.63, 3.8) is 0 Å². The van der Waals surface area contributed by atoms with Gasteiger partial charge in [-0.2, -0.15) is 0 Å². The largest absolute Gasteiger partial charge is 0.481 e. The van der Waals surface area contributed by atoms with Crippen molar-refractivity contribution in [3.05, 3.63) is 0 Å². The van der Waals surface area contributed by atoms with Gasteiger partial charge in [0.1, 0.15) is 0 Å². The molecule has 0 bridgehead atoms. The molecule has 0 fully saturated rings. The highest BCUT2D eigenvalue weighted by molar-refractivity contribution is 8.57. The van der Waals surface area contributed by atoms with E-state index in [4.69, 9.17) is 63.3 Å². The first kappa shape index (κ1) is 85.0. The zero-order chi connectivity index (χ0) is 63.7. The maximum absolute atomic E-state index is 14.9. The zero-order valence-corrected chi connectivity index (χ0v) is 63.6. The predicted octanol–water partition coefficient (Wildman–Crippen LogP) is 19.2. The quantitative estimate of drug-likeness (QED) is 0.0554. The van der Waals surface area contributed by atoms with Crippen LogP contribution in [0.25, 0.3) is 0 Å². The maximum Gasteiger partial charge on any atom is 0.389 e. The molecule has 0 aromatic carbocycles. The molecule has 0 aromatic heterocycles. The minimum atomic E-state index is -4.34. The molecule has 0 radical (unpaired) electrons. The Morgan fingerprint density at radius 3 is 0.537 bits per heavy atom. The monoisotopic (exact) mass is 1450 g/mol. The average molecular weight is 1450 g/mol. The fraction of sp³-hybridized carbons (Fsp3) is 0.978. The Kier molecular flexibility index (Phi) is 42.3. The Hall–Kier alpha value is 2.97. The Morgan fingerprint density at radius 1 is 0.268 bits per heavy atom. The zero-order valence-electron chi connectivity index (χ0n) is 51.7. The van der Waals surface area contributed by atoms with Crippen molar-refractivity contribution in [1.29, 1.82) is 0 Å². The lowest BCUT2D eigenvalue weighted by Gasteiger charge is -2.29. The van der Waals surface area contributed by atoms with Crippen LogP contribution in [0.1, 0.15) is 159 Å². The van der Waals surface area contributed by atoms with Crippen LogP contribution >= 0.6 is 127 Å². The van der Waals surface area contributed by atoms with E-state index in [1.54, 1.807) is 138 Å². The number of carboxylic acid groups (broad SMARTS) is 1. The molecule has 0 spiro atoms. The van der Waals surface area contributed by atoms with Gasteiger partial charge in [-0.3, -0.25) is 68.1 Å². The predicted molar refractivity (Wildman–Crippen MR) is 346 cm³/mol. The van der Waals surface area contributed by atoms with Crippen LogP contribution in [0, 0.1) is 0 Å². The second-order valence-corrected chi connectivity index (χ2v) is 48.9. The maximum atomic E-state index is 14.9. The number of hydrogen-bond donors (Lipinski definition) is 1. The molecule has 0 amide bonds. The first-order valence-corrected chi connectivity index (χ1v) is 48.8. The Labute approximate surface area is 519 Å². The van der Waals surface area contributed by atoms with E-state index < -0.39 is 145 Å². The fourth-order valence-corrected chi connectivity index (χ4v) is 35.2. The van der Waals surface area contributed by atoms with E-state index in [0.717, 1.165) is 45.5 Å². The lowest BCUT2D eigenvalue weighted by molar-refractivity contribution is -0.136. The fourth-order valence-electron chi connectivity index (χ4n) is 5.59. The molecule has 0 aliphatic heterocycles. The third-order valence-electron chi connectivity index (χ3n) is 7.94. The third kappa shape index (κ3) is 41.5. The second kappa shape index (κ2) is 40.8. The van der Waals surface area contributed by atoms with Crippen molar-refractivity contribution >= 4 is 133 Å². The van der Waals surface area contributed by atoms with Crippen molar-refractivity contribution in [2.75, 3.05) is 40.3 Å². The highest BCUT2D eigenvalue weighted by Crippen LogP contribution is 2.70. The van der Waals surface area contributed by atoms with Crippen LogP contribution < -0.4 is 0 Å². The van der Waals surface area contributed by atoms with Crippen LogP contribution in [0.5, 0.6) is 0 Å². The molecule has 0 saturated carbocycles. The molecule has 0 aliphatic rings. The van der Waals surface area contributed by atoms with E-state index in [9.17, 15) is 41.9 Å². The van der Waals surface area contributed by atoms with Crippen LogP contribution in [-0.4, -0.2) is 137 Å². The van der Waals surface area contributed by atoms with Crippen molar-refractivity contribution in [2.24, 2.45) is 0 Å². The second-order valence-electron chi connectivity index (χ2n) is 20.6. The van der Waals surface area contributed by atoms with Gasteiger partial charge in [0.05, 0.1) is 91.9 Å². The van der Waals surface area contributed by atoms with E-state index >= 15 is 0 Å². The molecule has 0 aliphatic carbocycles. The van der Waals surface area contributed by atoms with E-state index in [1.165, 1.54) is 13.8 Å². The molecule has 0 saturated heterocycles. The van der Waals surface area contributed by atoms with Gasteiger partial charge in [0.25, 0.3) is 0 Å². The van der Waals surface area contributed by atoms with Gasteiger partial charge in [-0.1, -0.05) is 0 Å². The van der Waals surface area contributed by atoms with Gasteiger partial charge < -0.3 is 5.11 Å². The summed E-state index contributed by atoms with van der Waals surface area (Å²) in [6.45, 7) is 9.18. The summed E-state index contributed by atoms with van der Waals surface area (Å²) in [5, 5.41) is 9.51. The molecule has 6 unspecified atom stereocenters. The van der Waals surface area contributed by atoms with Gasteiger partial charge in [0, 0.05) is 40.3 Å². The van der Waals surface area contributed by atoms with Gasteiger partial charge >= 0.3 is 53.6 Å². The Bertz CT molecular complexity index is 1890. The minimum absolute atomic E-state index is 0.0113. The minimum Gasteiger partial charge on any atom is -0.481 e. The summed E-state index contributed by atoms with van der Waals surface area (Å²) in [4.78, 5) is 11.7. The van der Waals surface area contributed by atoms with Gasteiger partial charge in [0.2, 0.25) is 0 Å². The summed E-state index contributed by atoms with van der Waals surface area (Å²) in [6.07, 6.45) is -9.56. The first-order valence-electron chi connectivity index (χ1n) is 26.9. The molecule has 23 nitrogen and oxygen atoms in total. The van der Waals surface area contributed by atoms with Gasteiger partial charge in [-0.25, -0.2) is 32.0 Å². The summed E-state index contributed by atoms with van der Waals surface area (Å²) in [7, 11) is 0. The normalized spacial score (nSPS) is 17.9. The lowest BCUT2D eigenvalue weighted by atomic mass is 10.5. The van der Waals surface area contributed by atoms with Gasteiger partial charge in [-0.05, 0) is 232 Å². The highest BCUT2D eigenvalue weighted by atomic mass is 32.7. The van der Waals surface area contributed by atoms with E-state index in [1.807, 2.05) is 0 Å². The van der Waals surface area contributed by atoms with E-state index in [-0.39, 0.29) is 40.3 Å². The standard InChI is InChI=1S/C45H97O23P7S7/c1-31(2)55-69(48,56-32(3)4)77-25-41(19)65-74(53,66-42(20)26-78-70(49,57-33(5)6)58-34(7)8)81-29-39(17)63-73(52,76-24-23-45(46)47)64-40(18)30-82-75(54,67-43(21)27-79-71(50,59-35(9)10)60-36(11)12)68-44(22)28-80-72(51,61-37(13)14)62-38(15)16/h31-44H,23-30H2,1-22H3,(H,46,47). The molecule has 0 heterocycles. The number of carbonyl (C=O) groups is 1. The van der Waals surface area contributed by atoms with E-state index in [2.05, 4.69) is 0 Å². The average Bonchev–Trinajstić information content (AvgIpc) is 3.26. The first-order chi connectivity index (χ1) is 37.4. The highest BCUT2D eigenvalue weighted by Gasteiger charge is 2.41. The van der Waals surface area contributed by atoms with Crippen molar-refractivity contribution in [3.8, 4) is 0 Å². The van der Waals surface area contributed by atoms with E-state index in [0.29, 0.717) is 34.1 Å². The Morgan fingerprint density at radius 2 is 0.402 bits per heavy atom. The summed E-state index contributed by atoms with van der Waals surface area (Å²) >= 11 is 5.53. The molecule has 0 aromatic rings. The van der Waals surface area contributed by atoms with Crippen molar-refractivity contribution in [1.82, 2.24) is 0 Å². The lowest BCUT2D eigenvalue weighted by Crippen LogP contribution is -2.19. The molecule has 492 valence electrons.